The van der Waals surface area contributed by atoms with Gasteiger partial charge in [0.1, 0.15) is 17.3 Å². The second kappa shape index (κ2) is 18.4. The summed E-state index contributed by atoms with van der Waals surface area (Å²) in [4.78, 5) is 29.8. The van der Waals surface area contributed by atoms with Gasteiger partial charge in [0.05, 0.1) is 12.2 Å². The first-order valence-electron chi connectivity index (χ1n) is 12.9. The Balaban J connectivity index is 0.00000216. The van der Waals surface area contributed by atoms with Gasteiger partial charge < -0.3 is 21.1 Å². The molecular formula is C26H39ClF4N7O3P. The minimum Gasteiger partial charge on any atom is -0.468 e. The molecule has 0 aliphatic rings. The Kier molecular flexibility index (Phi) is 17.1. The van der Waals surface area contributed by atoms with Crippen molar-refractivity contribution in [3.05, 3.63) is 46.2 Å². The lowest BCUT2D eigenvalue weighted by molar-refractivity contribution is -0.197. The standard InChI is InChI=1S/C21H27ClF4N7OP.C3H6O2.C2H6/c1-11(28-3)15-17(27)30-19(31-18(15)29-12(2)34)16(13-5-7-14(22)8-6-13)32-33(4)10-9-20(23,35)21(24,25)26;1-2-5-3-4;1-2/h5-8,11,28H,9-10,35H2,1-4H3,(H3,27,29,30,31,34);3H,2H2,1H3;1-2H3/b32-16+;;. The maximum Gasteiger partial charge on any atom is 0.425 e. The summed E-state index contributed by atoms with van der Waals surface area (Å²) in [5, 5.41) is 8.09. The molecule has 1 heterocycles. The first-order valence-corrected chi connectivity index (χ1v) is 13.8. The summed E-state index contributed by atoms with van der Waals surface area (Å²) in [6.07, 6.45) is -5.93. The summed E-state index contributed by atoms with van der Waals surface area (Å²) in [5.74, 6) is -0.182. The maximum absolute atomic E-state index is 14.0. The zero-order valence-electron chi connectivity index (χ0n) is 24.6. The van der Waals surface area contributed by atoms with Crippen LogP contribution >= 0.6 is 20.8 Å². The third-order valence-electron chi connectivity index (χ3n) is 5.24. The highest BCUT2D eigenvalue weighted by molar-refractivity contribution is 7.18. The number of ether oxygens (including phenoxy) is 1. The molecule has 0 bridgehead atoms. The number of hydrogen-bond donors (Lipinski definition) is 3. The number of hydrogen-bond acceptors (Lipinski definition) is 9. The fourth-order valence-electron chi connectivity index (χ4n) is 3.02. The fraction of sp³-hybridized carbons (Fsp3) is 0.500. The molecule has 1 aromatic carbocycles. The van der Waals surface area contributed by atoms with Crippen molar-refractivity contribution in [1.82, 2.24) is 20.3 Å². The molecule has 1 amide bonds. The number of benzene rings is 1. The highest BCUT2D eigenvalue weighted by atomic mass is 35.5. The molecule has 0 aliphatic heterocycles. The molecule has 1 aromatic heterocycles. The zero-order chi connectivity index (χ0) is 32.7. The minimum absolute atomic E-state index is 0.000632. The van der Waals surface area contributed by atoms with Gasteiger partial charge in [-0.2, -0.15) is 18.3 Å². The molecule has 2 aromatic rings. The van der Waals surface area contributed by atoms with E-state index < -0.39 is 23.9 Å². The van der Waals surface area contributed by atoms with Gasteiger partial charge in [-0.3, -0.25) is 14.6 Å². The number of nitrogen functional groups attached to an aromatic ring is 1. The van der Waals surface area contributed by atoms with E-state index >= 15 is 0 Å². The smallest absolute Gasteiger partial charge is 0.425 e. The quantitative estimate of drug-likeness (QED) is 0.0987. The van der Waals surface area contributed by atoms with Crippen LogP contribution in [0.2, 0.25) is 5.02 Å². The number of alkyl halides is 4. The normalized spacial score (nSPS) is 13.3. The number of hydrazone groups is 1. The number of rotatable bonds is 11. The highest BCUT2D eigenvalue weighted by Crippen LogP contribution is 2.42. The number of aromatic nitrogens is 2. The Morgan fingerprint density at radius 2 is 1.81 bits per heavy atom. The molecule has 4 N–H and O–H groups in total. The first-order chi connectivity index (χ1) is 19.6. The van der Waals surface area contributed by atoms with Crippen LogP contribution in [-0.2, 0) is 14.3 Å². The molecule has 2 rings (SSSR count). The van der Waals surface area contributed by atoms with Gasteiger partial charge in [-0.1, -0.05) is 46.8 Å². The molecule has 3 unspecified atom stereocenters. The fourth-order valence-corrected chi connectivity index (χ4v) is 3.28. The predicted octanol–water partition coefficient (Wildman–Crippen LogP) is 5.33. The summed E-state index contributed by atoms with van der Waals surface area (Å²) >= 11 is 5.98. The summed E-state index contributed by atoms with van der Waals surface area (Å²) in [7, 11) is 4.29. The molecule has 236 valence electrons. The summed E-state index contributed by atoms with van der Waals surface area (Å²) in [6, 6.07) is 6.08. The molecule has 0 fully saturated rings. The van der Waals surface area contributed by atoms with Gasteiger partial charge in [0, 0.05) is 43.6 Å². The van der Waals surface area contributed by atoms with Gasteiger partial charge in [0.15, 0.2) is 5.82 Å². The lowest BCUT2D eigenvalue weighted by Gasteiger charge is -2.25. The van der Waals surface area contributed by atoms with E-state index in [1.165, 1.54) is 23.2 Å². The van der Waals surface area contributed by atoms with Crippen molar-refractivity contribution < 1.29 is 31.9 Å². The second-order valence-corrected chi connectivity index (χ2v) is 9.74. The van der Waals surface area contributed by atoms with Crippen LogP contribution in [0.4, 0.5) is 29.2 Å². The number of nitrogens with zero attached hydrogens (tertiary/aromatic N) is 4. The number of anilines is 2. The van der Waals surface area contributed by atoms with Gasteiger partial charge in [-0.25, -0.2) is 14.4 Å². The van der Waals surface area contributed by atoms with Crippen molar-refractivity contribution in [3.63, 3.8) is 0 Å². The Hall–Kier alpha value is -3.09. The van der Waals surface area contributed by atoms with Crippen molar-refractivity contribution >= 4 is 50.6 Å². The summed E-state index contributed by atoms with van der Waals surface area (Å²) < 4.78 is 56.9. The SMILES string of the molecule is CC.CCOC=O.CNC(C)c1c(N)nc(/C(=N/N(C)CCC(F)(P)C(F)(F)F)c2ccc(Cl)cc2)nc1NC(C)=O. The number of halogens is 5. The van der Waals surface area contributed by atoms with Crippen LogP contribution in [0.5, 0.6) is 0 Å². The molecule has 0 saturated heterocycles. The Morgan fingerprint density at radius 1 is 1.24 bits per heavy atom. The predicted molar refractivity (Wildman–Crippen MR) is 161 cm³/mol. The second-order valence-electron chi connectivity index (χ2n) is 8.38. The van der Waals surface area contributed by atoms with Crippen molar-refractivity contribution in [2.75, 3.05) is 38.3 Å². The molecule has 3 atom stereocenters. The zero-order valence-corrected chi connectivity index (χ0v) is 26.6. The molecule has 10 nitrogen and oxygen atoms in total. The maximum atomic E-state index is 14.0. The van der Waals surface area contributed by atoms with E-state index in [0.29, 0.717) is 29.2 Å². The number of carbonyl (C=O) groups is 2. The van der Waals surface area contributed by atoms with E-state index in [-0.39, 0.29) is 35.8 Å². The number of nitrogens with one attached hydrogen (secondary N) is 2. The molecule has 42 heavy (non-hydrogen) atoms. The van der Waals surface area contributed by atoms with Crippen LogP contribution < -0.4 is 16.4 Å². The number of carbonyl (C=O) groups excluding carboxylic acids is 2. The molecule has 16 heteroatoms. The van der Waals surface area contributed by atoms with E-state index in [4.69, 9.17) is 17.3 Å². The monoisotopic (exact) mass is 639 g/mol. The molecule has 0 saturated carbocycles. The van der Waals surface area contributed by atoms with E-state index in [1.54, 1.807) is 45.2 Å². The minimum atomic E-state index is -5.05. The Labute approximate surface area is 251 Å². The van der Waals surface area contributed by atoms with Crippen LogP contribution in [0.25, 0.3) is 0 Å². The van der Waals surface area contributed by atoms with Gasteiger partial charge >= 0.3 is 6.18 Å². The third kappa shape index (κ3) is 12.4. The average Bonchev–Trinajstić information content (AvgIpc) is 2.91. The van der Waals surface area contributed by atoms with Crippen LogP contribution in [0.15, 0.2) is 29.4 Å². The van der Waals surface area contributed by atoms with Gasteiger partial charge in [-0.15, -0.1) is 0 Å². The summed E-state index contributed by atoms with van der Waals surface area (Å²) in [5.41, 5.74) is 7.25. The molecular weight excluding hydrogens is 601 g/mol. The third-order valence-corrected chi connectivity index (χ3v) is 6.11. The van der Waals surface area contributed by atoms with E-state index in [0.717, 1.165) is 5.01 Å². The first kappa shape index (κ1) is 38.9. The van der Waals surface area contributed by atoms with E-state index in [2.05, 4.69) is 30.4 Å². The summed E-state index contributed by atoms with van der Waals surface area (Å²) in [6.45, 7) is 9.40. The van der Waals surface area contributed by atoms with Gasteiger partial charge in [0.2, 0.25) is 11.3 Å². The molecule has 0 radical (unpaired) electrons. The van der Waals surface area contributed by atoms with Crippen LogP contribution in [0.1, 0.15) is 64.0 Å². The van der Waals surface area contributed by atoms with Crippen LogP contribution in [0.3, 0.4) is 0 Å². The Bertz CT molecular complexity index is 1170. The van der Waals surface area contributed by atoms with Crippen LogP contribution in [-0.4, -0.2) is 71.9 Å². The number of amides is 1. The Morgan fingerprint density at radius 3 is 2.24 bits per heavy atom. The van der Waals surface area contributed by atoms with E-state index in [9.17, 15) is 27.2 Å². The van der Waals surface area contributed by atoms with Crippen molar-refractivity contribution in [3.8, 4) is 0 Å². The van der Waals surface area contributed by atoms with Crippen molar-refractivity contribution in [2.24, 2.45) is 5.10 Å². The van der Waals surface area contributed by atoms with Gasteiger partial charge in [0.25, 0.3) is 6.47 Å². The lowest BCUT2D eigenvalue weighted by Crippen LogP contribution is -2.37. The molecule has 0 aliphatic carbocycles. The largest absolute Gasteiger partial charge is 0.468 e. The highest BCUT2D eigenvalue weighted by Gasteiger charge is 2.52. The van der Waals surface area contributed by atoms with Crippen LogP contribution in [0, 0.1) is 0 Å². The average molecular weight is 640 g/mol. The van der Waals surface area contributed by atoms with E-state index in [1.807, 2.05) is 13.8 Å². The van der Waals surface area contributed by atoms with Gasteiger partial charge in [-0.05, 0) is 33.0 Å². The molecule has 0 spiro atoms. The number of nitrogens with two attached hydrogens (primary N) is 1. The topological polar surface area (TPSA) is 135 Å². The van der Waals surface area contributed by atoms with Crippen molar-refractivity contribution in [2.45, 2.75) is 58.7 Å². The van der Waals surface area contributed by atoms with Crippen molar-refractivity contribution in [1.29, 1.82) is 0 Å². The lowest BCUT2D eigenvalue weighted by atomic mass is 10.1.